The molecule has 1 aromatic rings. The summed E-state index contributed by atoms with van der Waals surface area (Å²) in [6.07, 6.45) is 2.05. The van der Waals surface area contributed by atoms with Gasteiger partial charge in [0.1, 0.15) is 5.75 Å². The summed E-state index contributed by atoms with van der Waals surface area (Å²) in [4.78, 5) is 0.844. The standard InChI is InChI=1S/C14H23NO2S/c1-4-9-15-12(2)8-10-18(16)14-7-5-6-13(11-14)17-3/h5-7,11-12,15H,4,8-10H2,1-3H3. The van der Waals surface area contributed by atoms with Gasteiger partial charge in [-0.2, -0.15) is 0 Å². The van der Waals surface area contributed by atoms with Gasteiger partial charge >= 0.3 is 0 Å². The van der Waals surface area contributed by atoms with Crippen LogP contribution in [0.1, 0.15) is 26.7 Å². The van der Waals surface area contributed by atoms with Gasteiger partial charge in [0.25, 0.3) is 0 Å². The first-order valence-corrected chi connectivity index (χ1v) is 7.75. The first-order chi connectivity index (χ1) is 8.67. The highest BCUT2D eigenvalue weighted by molar-refractivity contribution is 7.85. The largest absolute Gasteiger partial charge is 0.497 e. The smallest absolute Gasteiger partial charge is 0.120 e. The summed E-state index contributed by atoms with van der Waals surface area (Å²) in [5, 5.41) is 3.40. The minimum Gasteiger partial charge on any atom is -0.497 e. The molecule has 102 valence electrons. The van der Waals surface area contributed by atoms with Crippen LogP contribution in [0.15, 0.2) is 29.2 Å². The van der Waals surface area contributed by atoms with E-state index in [1.165, 1.54) is 0 Å². The number of methoxy groups -OCH3 is 1. The molecule has 0 aromatic heterocycles. The highest BCUT2D eigenvalue weighted by Crippen LogP contribution is 2.16. The minimum atomic E-state index is -0.941. The Balaban J connectivity index is 2.44. The summed E-state index contributed by atoms with van der Waals surface area (Å²) in [6, 6.07) is 7.90. The summed E-state index contributed by atoms with van der Waals surface area (Å²) in [7, 11) is 0.682. The fraction of sp³-hybridized carbons (Fsp3) is 0.571. The van der Waals surface area contributed by atoms with Gasteiger partial charge in [-0.3, -0.25) is 4.21 Å². The molecule has 0 saturated carbocycles. The highest BCUT2D eigenvalue weighted by atomic mass is 32.2. The maximum absolute atomic E-state index is 12.1. The molecule has 1 rings (SSSR count). The predicted octanol–water partition coefficient (Wildman–Crippen LogP) is 2.58. The molecule has 0 amide bonds. The molecule has 0 aliphatic carbocycles. The summed E-state index contributed by atoms with van der Waals surface area (Å²) in [5.41, 5.74) is 0. The van der Waals surface area contributed by atoms with Crippen LogP contribution in [0.4, 0.5) is 0 Å². The van der Waals surface area contributed by atoms with Gasteiger partial charge in [0, 0.05) is 16.7 Å². The molecule has 0 aliphatic heterocycles. The Hall–Kier alpha value is -0.870. The molecule has 2 atom stereocenters. The molecule has 4 heteroatoms. The van der Waals surface area contributed by atoms with Crippen molar-refractivity contribution in [2.24, 2.45) is 0 Å². The number of ether oxygens (including phenoxy) is 1. The van der Waals surface area contributed by atoms with Crippen molar-refractivity contribution in [1.82, 2.24) is 5.32 Å². The minimum absolute atomic E-state index is 0.416. The molecule has 0 radical (unpaired) electrons. The zero-order valence-corrected chi connectivity index (χ0v) is 12.3. The molecule has 0 heterocycles. The van der Waals surface area contributed by atoms with Gasteiger partial charge in [0.2, 0.25) is 0 Å². The number of hydrogen-bond donors (Lipinski definition) is 1. The van der Waals surface area contributed by atoms with Gasteiger partial charge in [0.15, 0.2) is 0 Å². The van der Waals surface area contributed by atoms with Gasteiger partial charge < -0.3 is 10.1 Å². The zero-order valence-electron chi connectivity index (χ0n) is 11.4. The number of nitrogens with one attached hydrogen (secondary N) is 1. The van der Waals surface area contributed by atoms with Gasteiger partial charge in [0.05, 0.1) is 17.9 Å². The summed E-state index contributed by atoms with van der Waals surface area (Å²) in [6.45, 7) is 5.31. The van der Waals surface area contributed by atoms with Crippen LogP contribution in [-0.2, 0) is 10.8 Å². The Morgan fingerprint density at radius 1 is 1.44 bits per heavy atom. The maximum atomic E-state index is 12.1. The Morgan fingerprint density at radius 3 is 2.89 bits per heavy atom. The van der Waals surface area contributed by atoms with Crippen LogP contribution in [0, 0.1) is 0 Å². The van der Waals surface area contributed by atoms with Crippen LogP contribution >= 0.6 is 0 Å². The lowest BCUT2D eigenvalue weighted by atomic mass is 10.2. The van der Waals surface area contributed by atoms with Crippen molar-refractivity contribution in [2.75, 3.05) is 19.4 Å². The number of benzene rings is 1. The fourth-order valence-electron chi connectivity index (χ4n) is 1.64. The van der Waals surface area contributed by atoms with Gasteiger partial charge in [-0.15, -0.1) is 0 Å². The topological polar surface area (TPSA) is 38.3 Å². The normalized spacial score (nSPS) is 14.2. The van der Waals surface area contributed by atoms with E-state index in [9.17, 15) is 4.21 Å². The second-order valence-corrected chi connectivity index (χ2v) is 5.94. The van der Waals surface area contributed by atoms with E-state index in [-0.39, 0.29) is 0 Å². The Labute approximate surface area is 112 Å². The molecule has 2 unspecified atom stereocenters. The average Bonchev–Trinajstić information content (AvgIpc) is 2.42. The molecule has 18 heavy (non-hydrogen) atoms. The molecule has 0 spiro atoms. The van der Waals surface area contributed by atoms with Crippen LogP contribution < -0.4 is 10.1 Å². The molecule has 0 bridgehead atoms. The molecule has 0 saturated heterocycles. The Morgan fingerprint density at radius 2 is 2.22 bits per heavy atom. The summed E-state index contributed by atoms with van der Waals surface area (Å²) in [5.74, 6) is 1.45. The lowest BCUT2D eigenvalue weighted by Crippen LogP contribution is -2.28. The number of rotatable bonds is 8. The Bertz CT molecular complexity index is 382. The van der Waals surface area contributed by atoms with Crippen molar-refractivity contribution < 1.29 is 8.95 Å². The van der Waals surface area contributed by atoms with Crippen molar-refractivity contribution in [3.8, 4) is 5.75 Å². The molecule has 3 nitrogen and oxygen atoms in total. The zero-order chi connectivity index (χ0) is 13.4. The van der Waals surface area contributed by atoms with E-state index in [2.05, 4.69) is 19.2 Å². The van der Waals surface area contributed by atoms with Crippen LogP contribution in [0.3, 0.4) is 0 Å². The quantitative estimate of drug-likeness (QED) is 0.788. The number of hydrogen-bond acceptors (Lipinski definition) is 3. The fourth-order valence-corrected chi connectivity index (χ4v) is 2.92. The summed E-state index contributed by atoms with van der Waals surface area (Å²) >= 11 is 0. The second kappa shape index (κ2) is 8.27. The molecule has 0 aliphatic rings. The van der Waals surface area contributed by atoms with Crippen LogP contribution in [-0.4, -0.2) is 29.7 Å². The molecule has 1 aromatic carbocycles. The monoisotopic (exact) mass is 269 g/mol. The van der Waals surface area contributed by atoms with Crippen molar-refractivity contribution in [2.45, 2.75) is 37.6 Å². The van der Waals surface area contributed by atoms with E-state index >= 15 is 0 Å². The van der Waals surface area contributed by atoms with Gasteiger partial charge in [-0.05, 0) is 44.5 Å². The van der Waals surface area contributed by atoms with E-state index in [0.717, 1.165) is 30.0 Å². The first kappa shape index (κ1) is 15.2. The van der Waals surface area contributed by atoms with E-state index < -0.39 is 10.8 Å². The van der Waals surface area contributed by atoms with Crippen molar-refractivity contribution in [3.05, 3.63) is 24.3 Å². The van der Waals surface area contributed by atoms with Crippen molar-refractivity contribution >= 4 is 10.8 Å². The lowest BCUT2D eigenvalue weighted by Gasteiger charge is -2.12. The predicted molar refractivity (Wildman–Crippen MR) is 76.6 cm³/mol. The summed E-state index contributed by atoms with van der Waals surface area (Å²) < 4.78 is 17.3. The third-order valence-corrected chi connectivity index (χ3v) is 4.17. The van der Waals surface area contributed by atoms with E-state index in [4.69, 9.17) is 4.74 Å². The van der Waals surface area contributed by atoms with Crippen molar-refractivity contribution in [3.63, 3.8) is 0 Å². The van der Waals surface area contributed by atoms with Crippen LogP contribution in [0.25, 0.3) is 0 Å². The second-order valence-electron chi connectivity index (χ2n) is 4.37. The third-order valence-electron chi connectivity index (χ3n) is 2.78. The SMILES string of the molecule is CCCNC(C)CCS(=O)c1cccc(OC)c1. The molecular weight excluding hydrogens is 246 g/mol. The van der Waals surface area contributed by atoms with E-state index in [1.807, 2.05) is 24.3 Å². The maximum Gasteiger partial charge on any atom is 0.120 e. The first-order valence-electron chi connectivity index (χ1n) is 6.43. The Kier molecular flexibility index (Phi) is 6.98. The van der Waals surface area contributed by atoms with Gasteiger partial charge in [-0.1, -0.05) is 13.0 Å². The average molecular weight is 269 g/mol. The highest BCUT2D eigenvalue weighted by Gasteiger charge is 2.07. The van der Waals surface area contributed by atoms with Crippen LogP contribution in [0.5, 0.6) is 5.75 Å². The molecule has 1 N–H and O–H groups in total. The van der Waals surface area contributed by atoms with Gasteiger partial charge in [-0.25, -0.2) is 0 Å². The van der Waals surface area contributed by atoms with Crippen LogP contribution in [0.2, 0.25) is 0 Å². The molecule has 0 fully saturated rings. The van der Waals surface area contributed by atoms with E-state index in [1.54, 1.807) is 7.11 Å². The lowest BCUT2D eigenvalue weighted by molar-refractivity contribution is 0.413. The van der Waals surface area contributed by atoms with Crippen molar-refractivity contribution in [1.29, 1.82) is 0 Å². The van der Waals surface area contributed by atoms with E-state index in [0.29, 0.717) is 11.8 Å². The molecular formula is C14H23NO2S. The third kappa shape index (κ3) is 5.19.